The number of hydrogen-bond acceptors (Lipinski definition) is 7. The van der Waals surface area contributed by atoms with Crippen LogP contribution in [0.1, 0.15) is 31.0 Å². The van der Waals surface area contributed by atoms with Gasteiger partial charge in [0.25, 0.3) is 5.56 Å². The highest BCUT2D eigenvalue weighted by Gasteiger charge is 2.34. The van der Waals surface area contributed by atoms with Gasteiger partial charge in [-0.25, -0.2) is 9.79 Å². The first-order valence-electron chi connectivity index (χ1n) is 10.3. The van der Waals surface area contributed by atoms with Crippen LogP contribution in [-0.4, -0.2) is 23.9 Å². The van der Waals surface area contributed by atoms with Crippen LogP contribution in [0.4, 0.5) is 0 Å². The van der Waals surface area contributed by atoms with Crippen molar-refractivity contribution in [1.29, 1.82) is 0 Å². The average molecular weight is 527 g/mol. The average Bonchev–Trinajstić information content (AvgIpc) is 3.37. The Kier molecular flexibility index (Phi) is 5.67. The molecule has 168 valence electrons. The van der Waals surface area contributed by atoms with Gasteiger partial charge in [0.1, 0.15) is 0 Å². The molecule has 0 amide bonds. The van der Waals surface area contributed by atoms with Crippen LogP contribution >= 0.6 is 27.3 Å². The van der Waals surface area contributed by atoms with Gasteiger partial charge >= 0.3 is 5.97 Å². The molecule has 0 unspecified atom stereocenters. The Morgan fingerprint density at radius 1 is 1.27 bits per heavy atom. The molecular weight excluding hydrogens is 508 g/mol. The summed E-state index contributed by atoms with van der Waals surface area (Å²) in [6, 6.07) is 12.4. The molecule has 0 N–H and O–H groups in total. The zero-order valence-electron chi connectivity index (χ0n) is 17.8. The third-order valence-electron chi connectivity index (χ3n) is 5.38. The number of allylic oxidation sites excluding steroid dienone is 1. The van der Waals surface area contributed by atoms with E-state index in [-0.39, 0.29) is 19.0 Å². The van der Waals surface area contributed by atoms with Crippen LogP contribution in [0.2, 0.25) is 0 Å². The number of fused-ring (bicyclic) bond motifs is 2. The van der Waals surface area contributed by atoms with E-state index in [2.05, 4.69) is 20.9 Å². The van der Waals surface area contributed by atoms with Crippen molar-refractivity contribution >= 4 is 39.3 Å². The Morgan fingerprint density at radius 3 is 2.88 bits per heavy atom. The van der Waals surface area contributed by atoms with Crippen LogP contribution in [0, 0.1) is 0 Å². The number of ether oxygens (including phenoxy) is 3. The number of aromatic nitrogens is 1. The molecule has 0 aliphatic carbocycles. The van der Waals surface area contributed by atoms with Gasteiger partial charge in [-0.05, 0) is 55.3 Å². The highest BCUT2D eigenvalue weighted by molar-refractivity contribution is 9.10. The van der Waals surface area contributed by atoms with Gasteiger partial charge in [-0.3, -0.25) is 9.36 Å². The minimum absolute atomic E-state index is 0.133. The van der Waals surface area contributed by atoms with E-state index >= 15 is 0 Å². The highest BCUT2D eigenvalue weighted by atomic mass is 79.9. The van der Waals surface area contributed by atoms with E-state index in [0.29, 0.717) is 37.7 Å². The minimum atomic E-state index is -0.695. The van der Waals surface area contributed by atoms with Gasteiger partial charge in [-0.1, -0.05) is 45.5 Å². The van der Waals surface area contributed by atoms with Crippen molar-refractivity contribution < 1.29 is 19.0 Å². The number of nitrogens with zero attached hydrogens (tertiary/aromatic N) is 2. The predicted molar refractivity (Wildman–Crippen MR) is 127 cm³/mol. The fourth-order valence-corrected chi connectivity index (χ4v) is 5.40. The summed E-state index contributed by atoms with van der Waals surface area (Å²) < 4.78 is 19.3. The van der Waals surface area contributed by atoms with Gasteiger partial charge in [0, 0.05) is 4.47 Å². The molecule has 7 nitrogen and oxygen atoms in total. The molecule has 33 heavy (non-hydrogen) atoms. The molecule has 2 aromatic carbocycles. The second kappa shape index (κ2) is 8.64. The summed E-state index contributed by atoms with van der Waals surface area (Å²) >= 11 is 4.75. The summed E-state index contributed by atoms with van der Waals surface area (Å²) in [6.45, 7) is 3.86. The standard InChI is InChI=1S/C24H19BrN2O5S/c1-3-30-23(29)20-13(2)26-24-27(21(20)15-7-8-17-18(11-15)32-12-31-17)22(28)19(33-24)10-14-5-4-6-16(25)9-14/h4-11,21H,3,12H2,1-2H3/b19-10-/t21-/m0/s1. The molecule has 0 spiro atoms. The first-order chi connectivity index (χ1) is 16.0. The Balaban J connectivity index is 1.73. The smallest absolute Gasteiger partial charge is 0.338 e. The molecule has 0 saturated carbocycles. The van der Waals surface area contributed by atoms with Crippen molar-refractivity contribution in [1.82, 2.24) is 4.57 Å². The van der Waals surface area contributed by atoms with Gasteiger partial charge in [-0.2, -0.15) is 0 Å². The van der Waals surface area contributed by atoms with E-state index in [1.807, 2.05) is 36.4 Å². The largest absolute Gasteiger partial charge is 0.463 e. The van der Waals surface area contributed by atoms with Crippen LogP contribution in [0.5, 0.6) is 11.5 Å². The maximum atomic E-state index is 13.6. The van der Waals surface area contributed by atoms with Crippen LogP contribution in [-0.2, 0) is 9.53 Å². The van der Waals surface area contributed by atoms with Crippen molar-refractivity contribution in [3.05, 3.63) is 89.0 Å². The molecule has 0 saturated heterocycles. The summed E-state index contributed by atoms with van der Waals surface area (Å²) in [4.78, 5) is 31.7. The van der Waals surface area contributed by atoms with Crippen molar-refractivity contribution in [2.24, 2.45) is 4.99 Å². The number of halogens is 1. The number of thiazole rings is 1. The lowest BCUT2D eigenvalue weighted by Crippen LogP contribution is -2.39. The Hall–Kier alpha value is -3.17. The van der Waals surface area contributed by atoms with Crippen molar-refractivity contribution in [3.63, 3.8) is 0 Å². The third kappa shape index (κ3) is 3.91. The second-order valence-corrected chi connectivity index (χ2v) is 9.39. The topological polar surface area (TPSA) is 79.1 Å². The van der Waals surface area contributed by atoms with Crippen LogP contribution in [0.25, 0.3) is 6.08 Å². The predicted octanol–water partition coefficient (Wildman–Crippen LogP) is 3.29. The van der Waals surface area contributed by atoms with Crippen molar-refractivity contribution in [2.75, 3.05) is 13.4 Å². The quantitative estimate of drug-likeness (QED) is 0.487. The Bertz CT molecular complexity index is 1490. The van der Waals surface area contributed by atoms with Crippen molar-refractivity contribution in [2.45, 2.75) is 19.9 Å². The second-order valence-electron chi connectivity index (χ2n) is 7.47. The number of carbonyl (C=O) groups excluding carboxylic acids is 1. The van der Waals surface area contributed by atoms with E-state index in [0.717, 1.165) is 10.0 Å². The van der Waals surface area contributed by atoms with Crippen LogP contribution < -0.4 is 24.4 Å². The van der Waals surface area contributed by atoms with Gasteiger partial charge in [0.2, 0.25) is 6.79 Å². The molecule has 3 heterocycles. The normalized spacial score (nSPS) is 17.1. The molecule has 0 radical (unpaired) electrons. The lowest BCUT2D eigenvalue weighted by molar-refractivity contribution is -0.139. The number of hydrogen-bond donors (Lipinski definition) is 0. The molecule has 2 aliphatic rings. The van der Waals surface area contributed by atoms with E-state index < -0.39 is 12.0 Å². The summed E-state index contributed by atoms with van der Waals surface area (Å²) in [5.41, 5.74) is 2.22. The molecule has 0 bridgehead atoms. The van der Waals surface area contributed by atoms with E-state index in [1.165, 1.54) is 11.3 Å². The summed E-state index contributed by atoms with van der Waals surface area (Å²) in [7, 11) is 0. The first-order valence-corrected chi connectivity index (χ1v) is 11.9. The van der Waals surface area contributed by atoms with E-state index in [1.54, 1.807) is 30.5 Å². The van der Waals surface area contributed by atoms with E-state index in [9.17, 15) is 9.59 Å². The lowest BCUT2D eigenvalue weighted by Gasteiger charge is -2.24. The lowest BCUT2D eigenvalue weighted by atomic mass is 9.95. The van der Waals surface area contributed by atoms with Crippen LogP contribution in [0.3, 0.4) is 0 Å². The third-order valence-corrected chi connectivity index (χ3v) is 6.85. The van der Waals surface area contributed by atoms with Gasteiger partial charge < -0.3 is 14.2 Å². The maximum Gasteiger partial charge on any atom is 0.338 e. The summed E-state index contributed by atoms with van der Waals surface area (Å²) in [5.74, 6) is 0.698. The van der Waals surface area contributed by atoms with Crippen LogP contribution in [0.15, 0.2) is 68.0 Å². The number of carbonyl (C=O) groups is 1. The Labute approximate surface area is 201 Å². The number of rotatable bonds is 4. The zero-order valence-corrected chi connectivity index (χ0v) is 20.2. The molecule has 1 aromatic heterocycles. The molecule has 5 rings (SSSR count). The monoisotopic (exact) mass is 526 g/mol. The van der Waals surface area contributed by atoms with E-state index in [4.69, 9.17) is 14.2 Å². The maximum absolute atomic E-state index is 13.6. The zero-order chi connectivity index (χ0) is 23.1. The summed E-state index contributed by atoms with van der Waals surface area (Å²) in [6.07, 6.45) is 1.83. The number of benzene rings is 2. The van der Waals surface area contributed by atoms with Gasteiger partial charge in [-0.15, -0.1) is 0 Å². The molecule has 1 atom stereocenters. The molecule has 3 aromatic rings. The Morgan fingerprint density at radius 2 is 2.09 bits per heavy atom. The SMILES string of the molecule is CCOC(=O)C1=C(C)N=c2s/c(=C\c3cccc(Br)c3)c(=O)n2[C@H]1c1ccc2c(c1)OCO2. The molecule has 2 aliphatic heterocycles. The minimum Gasteiger partial charge on any atom is -0.463 e. The fraction of sp³-hybridized carbons (Fsp3) is 0.208. The highest BCUT2D eigenvalue weighted by Crippen LogP contribution is 2.38. The molecular formula is C24H19BrN2O5S. The number of esters is 1. The fourth-order valence-electron chi connectivity index (χ4n) is 3.94. The van der Waals surface area contributed by atoms with Crippen molar-refractivity contribution in [3.8, 4) is 11.5 Å². The van der Waals surface area contributed by atoms with Gasteiger partial charge in [0.15, 0.2) is 16.3 Å². The molecule has 0 fully saturated rings. The summed E-state index contributed by atoms with van der Waals surface area (Å²) in [5, 5.41) is 0. The van der Waals surface area contributed by atoms with Gasteiger partial charge in [0.05, 0.1) is 28.5 Å². The first kappa shape index (κ1) is 21.7. The molecule has 9 heteroatoms.